The van der Waals surface area contributed by atoms with Crippen molar-refractivity contribution in [2.24, 2.45) is 5.92 Å². The smallest absolute Gasteiger partial charge is 0.273 e. The Hall–Kier alpha value is -3.28. The zero-order chi connectivity index (χ0) is 21.5. The molecular formula is C25H26N4O2. The van der Waals surface area contributed by atoms with E-state index in [4.69, 9.17) is 4.74 Å². The number of pyridine rings is 3. The largest absolute Gasteiger partial charge is 0.472 e. The normalized spacial score (nSPS) is 22.0. The molecule has 0 spiro atoms. The zero-order valence-electron chi connectivity index (χ0n) is 18.1. The molecule has 31 heavy (non-hydrogen) atoms. The van der Waals surface area contributed by atoms with Crippen LogP contribution >= 0.6 is 0 Å². The summed E-state index contributed by atoms with van der Waals surface area (Å²) in [5, 5.41) is 0. The van der Waals surface area contributed by atoms with Gasteiger partial charge in [0.1, 0.15) is 11.8 Å². The van der Waals surface area contributed by atoms with Crippen LogP contribution in [0.15, 0.2) is 48.8 Å². The minimum atomic E-state index is -0.0404. The lowest BCUT2D eigenvalue weighted by Crippen LogP contribution is -2.47. The quantitative estimate of drug-likeness (QED) is 0.642. The SMILES string of the molecule is Cc1ccc(OC2CC3CC2N(C(=O)c2nc(C)ccc2-c2ncccc2C)C3)nc1. The Kier molecular flexibility index (Phi) is 4.93. The fourth-order valence-electron chi connectivity index (χ4n) is 4.82. The van der Waals surface area contributed by atoms with Crippen molar-refractivity contribution >= 4 is 5.91 Å². The van der Waals surface area contributed by atoms with Gasteiger partial charge in [-0.3, -0.25) is 9.78 Å². The Morgan fingerprint density at radius 2 is 1.94 bits per heavy atom. The maximum Gasteiger partial charge on any atom is 0.273 e. The molecule has 1 aliphatic carbocycles. The van der Waals surface area contributed by atoms with Crippen molar-refractivity contribution in [2.45, 2.75) is 45.8 Å². The van der Waals surface area contributed by atoms with Crippen molar-refractivity contribution in [3.8, 4) is 17.1 Å². The molecule has 1 saturated heterocycles. The van der Waals surface area contributed by atoms with Crippen molar-refractivity contribution in [1.82, 2.24) is 19.9 Å². The van der Waals surface area contributed by atoms with Gasteiger partial charge in [-0.05, 0) is 68.9 Å². The first kappa shape index (κ1) is 19.7. The lowest BCUT2D eigenvalue weighted by Gasteiger charge is -2.33. The highest BCUT2D eigenvalue weighted by Crippen LogP contribution is 2.41. The van der Waals surface area contributed by atoms with Crippen LogP contribution in [-0.4, -0.2) is 44.4 Å². The van der Waals surface area contributed by atoms with Crippen molar-refractivity contribution in [2.75, 3.05) is 6.54 Å². The Balaban J connectivity index is 1.44. The number of aryl methyl sites for hydroxylation is 3. The number of nitrogens with zero attached hydrogens (tertiary/aromatic N) is 4. The molecule has 2 fully saturated rings. The highest BCUT2D eigenvalue weighted by molar-refractivity contribution is 5.99. The van der Waals surface area contributed by atoms with Gasteiger partial charge in [-0.2, -0.15) is 0 Å². The monoisotopic (exact) mass is 414 g/mol. The summed E-state index contributed by atoms with van der Waals surface area (Å²) in [5.41, 5.74) is 5.01. The third-order valence-corrected chi connectivity index (χ3v) is 6.34. The average molecular weight is 415 g/mol. The van der Waals surface area contributed by atoms with Crippen LogP contribution in [0.3, 0.4) is 0 Å². The van der Waals surface area contributed by atoms with Gasteiger partial charge < -0.3 is 9.64 Å². The molecule has 6 heteroatoms. The number of aromatic nitrogens is 3. The Morgan fingerprint density at radius 1 is 1.06 bits per heavy atom. The molecule has 4 heterocycles. The van der Waals surface area contributed by atoms with Gasteiger partial charge >= 0.3 is 0 Å². The molecule has 3 unspecified atom stereocenters. The summed E-state index contributed by atoms with van der Waals surface area (Å²) in [6.45, 7) is 6.68. The number of fused-ring (bicyclic) bond motifs is 2. The van der Waals surface area contributed by atoms with Gasteiger partial charge in [-0.25, -0.2) is 9.97 Å². The first-order valence-electron chi connectivity index (χ1n) is 10.8. The Morgan fingerprint density at radius 3 is 2.68 bits per heavy atom. The van der Waals surface area contributed by atoms with Gasteiger partial charge in [0.2, 0.25) is 5.88 Å². The summed E-state index contributed by atoms with van der Waals surface area (Å²) in [7, 11) is 0. The number of carbonyl (C=O) groups is 1. The predicted octanol–water partition coefficient (Wildman–Crippen LogP) is 4.15. The fraction of sp³-hybridized carbons (Fsp3) is 0.360. The molecule has 1 saturated carbocycles. The molecule has 3 atom stereocenters. The molecule has 3 aromatic heterocycles. The minimum Gasteiger partial charge on any atom is -0.472 e. The van der Waals surface area contributed by atoms with Crippen LogP contribution in [0, 0.1) is 26.7 Å². The average Bonchev–Trinajstić information content (AvgIpc) is 3.36. The predicted molar refractivity (Wildman–Crippen MR) is 118 cm³/mol. The van der Waals surface area contributed by atoms with Crippen LogP contribution in [0.4, 0.5) is 0 Å². The van der Waals surface area contributed by atoms with Crippen LogP contribution in [0.25, 0.3) is 11.3 Å². The first-order chi connectivity index (χ1) is 15.0. The molecule has 2 aliphatic rings. The molecule has 0 N–H and O–H groups in total. The highest BCUT2D eigenvalue weighted by atomic mass is 16.5. The molecule has 5 rings (SSSR count). The molecule has 158 valence electrons. The second-order valence-electron chi connectivity index (χ2n) is 8.71. The molecule has 1 amide bonds. The Bertz CT molecular complexity index is 1130. The van der Waals surface area contributed by atoms with E-state index in [1.807, 2.05) is 68.3 Å². The van der Waals surface area contributed by atoms with Gasteiger partial charge in [0.05, 0.1) is 11.7 Å². The maximum absolute atomic E-state index is 13.7. The second kappa shape index (κ2) is 7.76. The third-order valence-electron chi connectivity index (χ3n) is 6.34. The van der Waals surface area contributed by atoms with Crippen LogP contribution < -0.4 is 4.74 Å². The van der Waals surface area contributed by atoms with Gasteiger partial charge in [-0.1, -0.05) is 12.1 Å². The van der Waals surface area contributed by atoms with Crippen LogP contribution in [0.1, 0.15) is 40.2 Å². The molecular weight excluding hydrogens is 388 g/mol. The van der Waals surface area contributed by atoms with E-state index in [2.05, 4.69) is 15.0 Å². The van der Waals surface area contributed by atoms with Crippen LogP contribution in [0.5, 0.6) is 5.88 Å². The third kappa shape index (κ3) is 3.67. The summed E-state index contributed by atoms with van der Waals surface area (Å²) in [5.74, 6) is 1.03. The Labute approximate surface area is 182 Å². The number of carbonyl (C=O) groups excluding carboxylic acids is 1. The van der Waals surface area contributed by atoms with E-state index in [9.17, 15) is 4.79 Å². The van der Waals surface area contributed by atoms with Gasteiger partial charge in [0.25, 0.3) is 5.91 Å². The standard InChI is InChI=1S/C25H26N4O2/c1-15-6-9-22(27-13-15)31-21-12-18-11-20(21)29(14-18)25(30)24-19(8-7-17(3)28-24)23-16(2)5-4-10-26-23/h4-10,13,18,20-21H,11-12,14H2,1-3H3. The van der Waals surface area contributed by atoms with Gasteiger partial charge in [-0.15, -0.1) is 0 Å². The summed E-state index contributed by atoms with van der Waals surface area (Å²) in [6.07, 6.45) is 5.45. The number of hydrogen-bond donors (Lipinski definition) is 0. The number of piperidine rings is 1. The lowest BCUT2D eigenvalue weighted by atomic mass is 10.0. The van der Waals surface area contributed by atoms with Crippen molar-refractivity contribution < 1.29 is 9.53 Å². The first-order valence-corrected chi connectivity index (χ1v) is 10.8. The number of amides is 1. The van der Waals surface area contributed by atoms with Crippen molar-refractivity contribution in [1.29, 1.82) is 0 Å². The number of rotatable bonds is 4. The maximum atomic E-state index is 13.7. The fourth-order valence-corrected chi connectivity index (χ4v) is 4.82. The molecule has 6 nitrogen and oxygen atoms in total. The molecule has 0 aromatic carbocycles. The molecule has 2 bridgehead atoms. The molecule has 3 aromatic rings. The molecule has 1 aliphatic heterocycles. The van der Waals surface area contributed by atoms with E-state index in [0.29, 0.717) is 17.5 Å². The van der Waals surface area contributed by atoms with Crippen molar-refractivity contribution in [3.63, 3.8) is 0 Å². The number of ether oxygens (including phenoxy) is 1. The number of hydrogen-bond acceptors (Lipinski definition) is 5. The summed E-state index contributed by atoms with van der Waals surface area (Å²) in [6, 6.07) is 11.7. The van der Waals surface area contributed by atoms with E-state index < -0.39 is 0 Å². The van der Waals surface area contributed by atoms with Gasteiger partial charge in [0, 0.05) is 36.3 Å². The summed E-state index contributed by atoms with van der Waals surface area (Å²) >= 11 is 0. The second-order valence-corrected chi connectivity index (χ2v) is 8.71. The minimum absolute atomic E-state index is 0.0391. The topological polar surface area (TPSA) is 68.2 Å². The summed E-state index contributed by atoms with van der Waals surface area (Å²) < 4.78 is 6.20. The van der Waals surface area contributed by atoms with E-state index in [0.717, 1.165) is 47.5 Å². The lowest BCUT2D eigenvalue weighted by molar-refractivity contribution is 0.0462. The van der Waals surface area contributed by atoms with Crippen LogP contribution in [-0.2, 0) is 0 Å². The molecule has 0 radical (unpaired) electrons. The van der Waals surface area contributed by atoms with E-state index in [1.165, 1.54) is 0 Å². The number of likely N-dealkylation sites (tertiary alicyclic amines) is 1. The van der Waals surface area contributed by atoms with E-state index >= 15 is 0 Å². The van der Waals surface area contributed by atoms with Crippen molar-refractivity contribution in [3.05, 3.63) is 71.3 Å². The van der Waals surface area contributed by atoms with Crippen LogP contribution in [0.2, 0.25) is 0 Å². The van der Waals surface area contributed by atoms with E-state index in [1.54, 1.807) is 6.20 Å². The van der Waals surface area contributed by atoms with E-state index in [-0.39, 0.29) is 18.1 Å². The van der Waals surface area contributed by atoms with Gasteiger partial charge in [0.15, 0.2) is 0 Å². The summed E-state index contributed by atoms with van der Waals surface area (Å²) in [4.78, 5) is 29.2. The zero-order valence-corrected chi connectivity index (χ0v) is 18.1. The highest BCUT2D eigenvalue weighted by Gasteiger charge is 2.49.